The van der Waals surface area contributed by atoms with Gasteiger partial charge in [-0.2, -0.15) is 5.10 Å². The number of anilines is 1. The van der Waals surface area contributed by atoms with Crippen molar-refractivity contribution in [3.8, 4) is 11.3 Å². The number of rotatable bonds is 5. The lowest BCUT2D eigenvalue weighted by molar-refractivity contribution is 0.599. The van der Waals surface area contributed by atoms with Crippen LogP contribution in [0.4, 0.5) is 5.95 Å². The van der Waals surface area contributed by atoms with Crippen LogP contribution in [0.3, 0.4) is 0 Å². The van der Waals surface area contributed by atoms with Crippen molar-refractivity contribution >= 4 is 5.95 Å². The molecule has 0 aliphatic heterocycles. The van der Waals surface area contributed by atoms with E-state index in [9.17, 15) is 4.79 Å². The highest BCUT2D eigenvalue weighted by atomic mass is 16.1. The molecule has 2 heterocycles. The van der Waals surface area contributed by atoms with E-state index in [4.69, 9.17) is 0 Å². The highest BCUT2D eigenvalue weighted by Gasteiger charge is 2.03. The molecule has 0 aliphatic rings. The van der Waals surface area contributed by atoms with Crippen molar-refractivity contribution in [2.75, 3.05) is 11.9 Å². The van der Waals surface area contributed by atoms with Gasteiger partial charge in [-0.05, 0) is 12.1 Å². The summed E-state index contributed by atoms with van der Waals surface area (Å²) in [4.78, 5) is 20.0. The average molecular weight is 293 g/mol. The lowest BCUT2D eigenvalue weighted by atomic mass is 10.1. The standard InChI is InChI=1S/C16H15N5O/c22-15-8-7-14(13-5-2-1-3-6-13)20-21(15)12-11-19-16-17-9-4-10-18-16/h1-10H,11-12H2,(H,17,18,19). The van der Waals surface area contributed by atoms with Crippen molar-refractivity contribution in [1.82, 2.24) is 19.7 Å². The molecular weight excluding hydrogens is 278 g/mol. The minimum absolute atomic E-state index is 0.129. The van der Waals surface area contributed by atoms with Crippen molar-refractivity contribution in [3.63, 3.8) is 0 Å². The summed E-state index contributed by atoms with van der Waals surface area (Å²) in [6.45, 7) is 0.965. The van der Waals surface area contributed by atoms with Crippen LogP contribution in [0.25, 0.3) is 11.3 Å². The third-order valence-corrected chi connectivity index (χ3v) is 3.11. The summed E-state index contributed by atoms with van der Waals surface area (Å²) < 4.78 is 1.44. The summed E-state index contributed by atoms with van der Waals surface area (Å²) in [5.41, 5.74) is 1.63. The zero-order chi connectivity index (χ0) is 15.2. The zero-order valence-corrected chi connectivity index (χ0v) is 11.9. The van der Waals surface area contributed by atoms with Crippen molar-refractivity contribution in [3.05, 3.63) is 71.3 Å². The summed E-state index contributed by atoms with van der Waals surface area (Å²) >= 11 is 0. The summed E-state index contributed by atoms with van der Waals surface area (Å²) in [5, 5.41) is 7.45. The monoisotopic (exact) mass is 293 g/mol. The number of nitrogens with zero attached hydrogens (tertiary/aromatic N) is 4. The molecule has 6 nitrogen and oxygen atoms in total. The second kappa shape index (κ2) is 6.62. The molecule has 3 aromatic rings. The minimum atomic E-state index is -0.129. The number of benzene rings is 1. The second-order valence-electron chi connectivity index (χ2n) is 4.65. The quantitative estimate of drug-likeness (QED) is 0.776. The maximum Gasteiger partial charge on any atom is 0.266 e. The van der Waals surface area contributed by atoms with Crippen LogP contribution in [-0.2, 0) is 6.54 Å². The second-order valence-corrected chi connectivity index (χ2v) is 4.65. The van der Waals surface area contributed by atoms with E-state index in [2.05, 4.69) is 20.4 Å². The van der Waals surface area contributed by atoms with Gasteiger partial charge in [-0.15, -0.1) is 0 Å². The van der Waals surface area contributed by atoms with E-state index < -0.39 is 0 Å². The molecule has 0 fully saturated rings. The Kier molecular flexibility index (Phi) is 4.20. The van der Waals surface area contributed by atoms with Gasteiger partial charge in [-0.25, -0.2) is 14.6 Å². The molecule has 0 saturated carbocycles. The first kappa shape index (κ1) is 13.9. The highest BCUT2D eigenvalue weighted by molar-refractivity contribution is 5.57. The van der Waals surface area contributed by atoms with E-state index in [1.165, 1.54) is 10.7 Å². The summed E-state index contributed by atoms with van der Waals surface area (Å²) in [6, 6.07) is 14.8. The number of aromatic nitrogens is 4. The SMILES string of the molecule is O=c1ccc(-c2ccccc2)nn1CCNc1ncccn1. The maximum atomic E-state index is 11.9. The zero-order valence-electron chi connectivity index (χ0n) is 11.9. The van der Waals surface area contributed by atoms with Crippen LogP contribution in [0.2, 0.25) is 0 Å². The Morgan fingerprint density at radius 1 is 0.955 bits per heavy atom. The Labute approximate surface area is 127 Å². The van der Waals surface area contributed by atoms with Crippen LogP contribution in [0, 0.1) is 0 Å². The van der Waals surface area contributed by atoms with E-state index in [0.717, 1.165) is 11.3 Å². The maximum absolute atomic E-state index is 11.9. The van der Waals surface area contributed by atoms with Gasteiger partial charge in [0.25, 0.3) is 5.56 Å². The van der Waals surface area contributed by atoms with Crippen LogP contribution >= 0.6 is 0 Å². The molecule has 2 aromatic heterocycles. The van der Waals surface area contributed by atoms with Crippen LogP contribution in [0.1, 0.15) is 0 Å². The number of nitrogens with one attached hydrogen (secondary N) is 1. The van der Waals surface area contributed by atoms with Crippen LogP contribution in [0.15, 0.2) is 65.7 Å². The molecule has 0 spiro atoms. The lowest BCUT2D eigenvalue weighted by Crippen LogP contribution is -2.26. The van der Waals surface area contributed by atoms with Crippen molar-refractivity contribution < 1.29 is 0 Å². The number of hydrogen-bond donors (Lipinski definition) is 1. The van der Waals surface area contributed by atoms with Gasteiger partial charge < -0.3 is 5.32 Å². The third-order valence-electron chi connectivity index (χ3n) is 3.11. The smallest absolute Gasteiger partial charge is 0.266 e. The Bertz CT molecular complexity index is 786. The average Bonchev–Trinajstić information content (AvgIpc) is 2.58. The minimum Gasteiger partial charge on any atom is -0.352 e. The third kappa shape index (κ3) is 3.35. The fourth-order valence-corrected chi connectivity index (χ4v) is 2.04. The van der Waals surface area contributed by atoms with Gasteiger partial charge in [-0.1, -0.05) is 30.3 Å². The molecule has 0 bridgehead atoms. The molecule has 0 saturated heterocycles. The van der Waals surface area contributed by atoms with Crippen LogP contribution < -0.4 is 10.9 Å². The van der Waals surface area contributed by atoms with E-state index >= 15 is 0 Å². The topological polar surface area (TPSA) is 72.7 Å². The fraction of sp³-hybridized carbons (Fsp3) is 0.125. The van der Waals surface area contributed by atoms with Gasteiger partial charge in [0, 0.05) is 30.6 Å². The van der Waals surface area contributed by atoms with E-state index in [-0.39, 0.29) is 5.56 Å². The molecule has 1 aromatic carbocycles. The van der Waals surface area contributed by atoms with Gasteiger partial charge in [0.05, 0.1) is 12.2 Å². The first-order valence-electron chi connectivity index (χ1n) is 6.97. The molecule has 22 heavy (non-hydrogen) atoms. The molecular formula is C16H15N5O. The summed E-state index contributed by atoms with van der Waals surface area (Å²) in [5.74, 6) is 0.537. The Morgan fingerprint density at radius 3 is 2.50 bits per heavy atom. The van der Waals surface area contributed by atoms with Gasteiger partial charge in [-0.3, -0.25) is 4.79 Å². The fourth-order valence-electron chi connectivity index (χ4n) is 2.04. The predicted octanol–water partition coefficient (Wildman–Crippen LogP) is 1.81. The molecule has 3 rings (SSSR count). The molecule has 1 N–H and O–H groups in total. The lowest BCUT2D eigenvalue weighted by Gasteiger charge is -2.08. The molecule has 110 valence electrons. The Morgan fingerprint density at radius 2 is 1.73 bits per heavy atom. The predicted molar refractivity (Wildman–Crippen MR) is 84.5 cm³/mol. The molecule has 0 aliphatic carbocycles. The van der Waals surface area contributed by atoms with Gasteiger partial charge >= 0.3 is 0 Å². The van der Waals surface area contributed by atoms with E-state index in [1.54, 1.807) is 24.5 Å². The summed E-state index contributed by atoms with van der Waals surface area (Å²) in [6.07, 6.45) is 3.32. The normalized spacial score (nSPS) is 10.4. The Balaban J connectivity index is 1.72. The van der Waals surface area contributed by atoms with Crippen molar-refractivity contribution in [2.24, 2.45) is 0 Å². The first-order valence-corrected chi connectivity index (χ1v) is 6.97. The first-order chi connectivity index (χ1) is 10.8. The van der Waals surface area contributed by atoms with Gasteiger partial charge in [0.1, 0.15) is 0 Å². The van der Waals surface area contributed by atoms with Crippen LogP contribution in [-0.4, -0.2) is 26.3 Å². The van der Waals surface area contributed by atoms with Crippen molar-refractivity contribution in [2.45, 2.75) is 6.54 Å². The molecule has 0 amide bonds. The van der Waals surface area contributed by atoms with E-state index in [1.807, 2.05) is 30.3 Å². The van der Waals surface area contributed by atoms with E-state index in [0.29, 0.717) is 19.0 Å². The highest BCUT2D eigenvalue weighted by Crippen LogP contribution is 2.13. The van der Waals surface area contributed by atoms with Gasteiger partial charge in [0.15, 0.2) is 0 Å². The largest absolute Gasteiger partial charge is 0.352 e. The van der Waals surface area contributed by atoms with Crippen LogP contribution in [0.5, 0.6) is 0 Å². The molecule has 0 radical (unpaired) electrons. The number of hydrogen-bond acceptors (Lipinski definition) is 5. The summed E-state index contributed by atoms with van der Waals surface area (Å²) in [7, 11) is 0. The molecule has 0 unspecified atom stereocenters. The van der Waals surface area contributed by atoms with Gasteiger partial charge in [0.2, 0.25) is 5.95 Å². The van der Waals surface area contributed by atoms with Crippen molar-refractivity contribution in [1.29, 1.82) is 0 Å². The molecule has 0 atom stereocenters. The molecule has 6 heteroatoms. The Hall–Kier alpha value is -3.02.